The third-order valence-corrected chi connectivity index (χ3v) is 4.90. The normalized spacial score (nSPS) is 18.1. The number of aromatic nitrogens is 1. The Balaban J connectivity index is 2.23. The predicted molar refractivity (Wildman–Crippen MR) is 85.4 cm³/mol. The standard InChI is InChI=1S/C15H15Cl3N2/c1-8-5-9-13(19)3-2-4-14(9)20(8)15-7-11(17)10(16)6-12(15)18/h5-7,13H,2-4,19H2,1H3. The number of hydrogen-bond donors (Lipinski definition) is 1. The van der Waals surface area contributed by atoms with E-state index in [4.69, 9.17) is 40.5 Å². The maximum absolute atomic E-state index is 6.35. The first-order valence-corrected chi connectivity index (χ1v) is 7.74. The van der Waals surface area contributed by atoms with Crippen molar-refractivity contribution in [3.05, 3.63) is 50.2 Å². The monoisotopic (exact) mass is 328 g/mol. The Labute approximate surface area is 133 Å². The van der Waals surface area contributed by atoms with E-state index in [0.29, 0.717) is 15.1 Å². The zero-order valence-electron chi connectivity index (χ0n) is 11.1. The lowest BCUT2D eigenvalue weighted by molar-refractivity contribution is 0.560. The van der Waals surface area contributed by atoms with E-state index in [1.165, 1.54) is 11.3 Å². The summed E-state index contributed by atoms with van der Waals surface area (Å²) in [6, 6.07) is 5.77. The molecule has 0 spiro atoms. The Hall–Kier alpha value is -0.670. The van der Waals surface area contributed by atoms with Crippen LogP contribution >= 0.6 is 34.8 Å². The number of aryl methyl sites for hydroxylation is 1. The van der Waals surface area contributed by atoms with Crippen LogP contribution in [0.15, 0.2) is 18.2 Å². The van der Waals surface area contributed by atoms with Crippen LogP contribution in [0.4, 0.5) is 0 Å². The minimum absolute atomic E-state index is 0.111. The molecule has 0 bridgehead atoms. The van der Waals surface area contributed by atoms with Crippen LogP contribution in [-0.2, 0) is 6.42 Å². The predicted octanol–water partition coefficient (Wildman–Crippen LogP) is 5.08. The van der Waals surface area contributed by atoms with E-state index in [2.05, 4.69) is 17.6 Å². The van der Waals surface area contributed by atoms with Crippen molar-refractivity contribution < 1.29 is 0 Å². The Morgan fingerprint density at radius 1 is 1.10 bits per heavy atom. The molecule has 2 nitrogen and oxygen atoms in total. The third-order valence-electron chi connectivity index (χ3n) is 3.88. The number of fused-ring (bicyclic) bond motifs is 1. The molecule has 1 aliphatic rings. The molecule has 0 fully saturated rings. The van der Waals surface area contributed by atoms with Crippen molar-refractivity contribution in [3.8, 4) is 5.69 Å². The molecule has 0 saturated heterocycles. The number of nitrogens with two attached hydrogens (primary N) is 1. The van der Waals surface area contributed by atoms with E-state index in [1.807, 2.05) is 6.07 Å². The fraction of sp³-hybridized carbons (Fsp3) is 0.333. The number of benzene rings is 1. The van der Waals surface area contributed by atoms with Gasteiger partial charge in [-0.1, -0.05) is 34.8 Å². The Morgan fingerprint density at radius 2 is 1.80 bits per heavy atom. The minimum atomic E-state index is 0.111. The molecule has 1 aliphatic carbocycles. The first-order valence-electron chi connectivity index (χ1n) is 6.60. The van der Waals surface area contributed by atoms with Gasteiger partial charge in [-0.2, -0.15) is 0 Å². The highest BCUT2D eigenvalue weighted by Gasteiger charge is 2.24. The van der Waals surface area contributed by atoms with Crippen LogP contribution in [0, 0.1) is 6.92 Å². The quantitative estimate of drug-likeness (QED) is 0.726. The second-order valence-corrected chi connectivity index (χ2v) is 6.46. The van der Waals surface area contributed by atoms with Gasteiger partial charge in [0, 0.05) is 17.4 Å². The average molecular weight is 330 g/mol. The molecule has 0 aliphatic heterocycles. The Kier molecular flexibility index (Phi) is 3.76. The molecule has 1 unspecified atom stereocenters. The van der Waals surface area contributed by atoms with Crippen molar-refractivity contribution in [2.75, 3.05) is 0 Å². The van der Waals surface area contributed by atoms with Crippen molar-refractivity contribution in [1.82, 2.24) is 4.57 Å². The van der Waals surface area contributed by atoms with Crippen LogP contribution in [0.5, 0.6) is 0 Å². The maximum atomic E-state index is 6.35. The summed E-state index contributed by atoms with van der Waals surface area (Å²) in [5.74, 6) is 0. The van der Waals surface area contributed by atoms with E-state index in [-0.39, 0.29) is 6.04 Å². The SMILES string of the molecule is Cc1cc2c(n1-c1cc(Cl)c(Cl)cc1Cl)CCCC2N. The van der Waals surface area contributed by atoms with Crippen molar-refractivity contribution in [1.29, 1.82) is 0 Å². The highest BCUT2D eigenvalue weighted by molar-refractivity contribution is 6.43. The second-order valence-electron chi connectivity index (χ2n) is 5.24. The van der Waals surface area contributed by atoms with E-state index in [0.717, 1.165) is 30.6 Å². The van der Waals surface area contributed by atoms with Gasteiger partial charge in [-0.15, -0.1) is 0 Å². The van der Waals surface area contributed by atoms with Crippen LogP contribution < -0.4 is 5.73 Å². The number of halogens is 3. The summed E-state index contributed by atoms with van der Waals surface area (Å²) in [7, 11) is 0. The van der Waals surface area contributed by atoms with Crippen molar-refractivity contribution in [2.24, 2.45) is 5.73 Å². The highest BCUT2D eigenvalue weighted by atomic mass is 35.5. The van der Waals surface area contributed by atoms with Gasteiger partial charge in [0.05, 0.1) is 20.8 Å². The van der Waals surface area contributed by atoms with Gasteiger partial charge in [0.2, 0.25) is 0 Å². The molecule has 2 N–H and O–H groups in total. The first-order chi connectivity index (χ1) is 9.49. The number of nitrogens with zero attached hydrogens (tertiary/aromatic N) is 1. The summed E-state index contributed by atoms with van der Waals surface area (Å²) in [6.07, 6.45) is 3.13. The smallest absolute Gasteiger partial charge is 0.0662 e. The molecule has 1 aromatic carbocycles. The molecule has 1 aromatic heterocycles. The Bertz CT molecular complexity index is 676. The third kappa shape index (κ3) is 2.25. The van der Waals surface area contributed by atoms with Crippen LogP contribution in [0.3, 0.4) is 0 Å². The molecule has 5 heteroatoms. The van der Waals surface area contributed by atoms with Crippen LogP contribution in [0.25, 0.3) is 5.69 Å². The van der Waals surface area contributed by atoms with E-state index in [1.54, 1.807) is 6.07 Å². The number of rotatable bonds is 1. The summed E-state index contributed by atoms with van der Waals surface area (Å²) in [4.78, 5) is 0. The van der Waals surface area contributed by atoms with E-state index in [9.17, 15) is 0 Å². The molecule has 0 radical (unpaired) electrons. The summed E-state index contributed by atoms with van der Waals surface area (Å²) in [5.41, 5.74) is 10.6. The van der Waals surface area contributed by atoms with Crippen molar-refractivity contribution >= 4 is 34.8 Å². The summed E-state index contributed by atoms with van der Waals surface area (Å²) in [6.45, 7) is 2.06. The largest absolute Gasteiger partial charge is 0.324 e. The summed E-state index contributed by atoms with van der Waals surface area (Å²) < 4.78 is 2.15. The van der Waals surface area contributed by atoms with Crippen LogP contribution in [0.1, 0.15) is 35.8 Å². The van der Waals surface area contributed by atoms with Gasteiger partial charge < -0.3 is 10.3 Å². The molecule has 0 saturated carbocycles. The van der Waals surface area contributed by atoms with Gasteiger partial charge in [-0.3, -0.25) is 0 Å². The average Bonchev–Trinajstić information content (AvgIpc) is 2.72. The number of hydrogen-bond acceptors (Lipinski definition) is 1. The topological polar surface area (TPSA) is 30.9 Å². The second kappa shape index (κ2) is 5.27. The van der Waals surface area contributed by atoms with E-state index >= 15 is 0 Å². The zero-order chi connectivity index (χ0) is 14.4. The lowest BCUT2D eigenvalue weighted by atomic mass is 9.93. The van der Waals surface area contributed by atoms with Crippen LogP contribution in [0.2, 0.25) is 15.1 Å². The summed E-state index contributed by atoms with van der Waals surface area (Å²) in [5, 5.41) is 1.57. The van der Waals surface area contributed by atoms with Crippen molar-refractivity contribution in [3.63, 3.8) is 0 Å². The van der Waals surface area contributed by atoms with Gasteiger partial charge in [0.1, 0.15) is 0 Å². The molecule has 106 valence electrons. The molecule has 0 amide bonds. The fourth-order valence-corrected chi connectivity index (χ4v) is 3.58. The molecular weight excluding hydrogens is 315 g/mol. The van der Waals surface area contributed by atoms with E-state index < -0.39 is 0 Å². The zero-order valence-corrected chi connectivity index (χ0v) is 13.4. The summed E-state index contributed by atoms with van der Waals surface area (Å²) >= 11 is 18.5. The molecule has 1 heterocycles. The molecular formula is C15H15Cl3N2. The first kappa shape index (κ1) is 14.3. The molecule has 3 rings (SSSR count). The van der Waals surface area contributed by atoms with Gasteiger partial charge in [-0.05, 0) is 49.9 Å². The maximum Gasteiger partial charge on any atom is 0.0662 e. The van der Waals surface area contributed by atoms with Crippen LogP contribution in [-0.4, -0.2) is 4.57 Å². The van der Waals surface area contributed by atoms with Crippen molar-refractivity contribution in [2.45, 2.75) is 32.2 Å². The Morgan fingerprint density at radius 3 is 2.55 bits per heavy atom. The van der Waals surface area contributed by atoms with Gasteiger partial charge in [0.15, 0.2) is 0 Å². The molecule has 1 atom stereocenters. The highest BCUT2D eigenvalue weighted by Crippen LogP contribution is 2.37. The van der Waals surface area contributed by atoms with Gasteiger partial charge in [-0.25, -0.2) is 0 Å². The minimum Gasteiger partial charge on any atom is -0.324 e. The van der Waals surface area contributed by atoms with Gasteiger partial charge >= 0.3 is 0 Å². The lowest BCUT2D eigenvalue weighted by Crippen LogP contribution is -2.18. The molecule has 2 aromatic rings. The fourth-order valence-electron chi connectivity index (χ4n) is 2.96. The van der Waals surface area contributed by atoms with Gasteiger partial charge in [0.25, 0.3) is 0 Å². The lowest BCUT2D eigenvalue weighted by Gasteiger charge is -2.22. The molecule has 20 heavy (non-hydrogen) atoms.